The number of aliphatic hydroxyl groups is 1. The van der Waals surface area contributed by atoms with Crippen LogP contribution in [0, 0.1) is 5.82 Å². The van der Waals surface area contributed by atoms with E-state index in [4.69, 9.17) is 5.11 Å². The number of rotatable bonds is 3. The third kappa shape index (κ3) is 2.05. The van der Waals surface area contributed by atoms with Gasteiger partial charge in [-0.3, -0.25) is 0 Å². The quantitative estimate of drug-likeness (QED) is 0.827. The van der Waals surface area contributed by atoms with Gasteiger partial charge in [0, 0.05) is 19.0 Å². The van der Waals surface area contributed by atoms with Crippen molar-refractivity contribution >= 4 is 0 Å². The maximum Gasteiger partial charge on any atom is 0.147 e. The van der Waals surface area contributed by atoms with Gasteiger partial charge in [0.2, 0.25) is 0 Å². The average Bonchev–Trinajstić information content (AvgIpc) is 2.71. The van der Waals surface area contributed by atoms with E-state index in [0.29, 0.717) is 12.1 Å². The zero-order chi connectivity index (χ0) is 10.7. The molecule has 15 heavy (non-hydrogen) atoms. The summed E-state index contributed by atoms with van der Waals surface area (Å²) in [5, 5.41) is 8.73. The zero-order valence-electron chi connectivity index (χ0n) is 8.10. The Morgan fingerprint density at radius 3 is 2.87 bits per heavy atom. The summed E-state index contributed by atoms with van der Waals surface area (Å²) in [5.41, 5.74) is 1.26. The number of halogens is 1. The second kappa shape index (κ2) is 4.23. The third-order valence-electron chi connectivity index (χ3n) is 2.20. The number of nitrogens with zero attached hydrogens (tertiary/aromatic N) is 2. The van der Waals surface area contributed by atoms with Gasteiger partial charge in [-0.05, 0) is 24.1 Å². The Bertz CT molecular complexity index is 440. The number of aromatic nitrogens is 2. The molecule has 2 aromatic rings. The Kier molecular flexibility index (Phi) is 2.78. The van der Waals surface area contributed by atoms with Gasteiger partial charge in [-0.2, -0.15) is 0 Å². The van der Waals surface area contributed by atoms with Crippen LogP contribution in [0.25, 0.3) is 5.69 Å². The van der Waals surface area contributed by atoms with Crippen molar-refractivity contribution < 1.29 is 9.50 Å². The Labute approximate surface area is 86.8 Å². The second-order valence-electron chi connectivity index (χ2n) is 3.23. The van der Waals surface area contributed by atoms with E-state index in [1.54, 1.807) is 35.4 Å². The molecule has 1 aromatic carbocycles. The average molecular weight is 206 g/mol. The lowest BCUT2D eigenvalue weighted by Gasteiger charge is -2.05. The fourth-order valence-corrected chi connectivity index (χ4v) is 1.45. The van der Waals surface area contributed by atoms with Crippen LogP contribution in [0.15, 0.2) is 36.9 Å². The molecule has 0 atom stereocenters. The van der Waals surface area contributed by atoms with E-state index in [1.165, 1.54) is 6.07 Å². The highest BCUT2D eigenvalue weighted by Gasteiger charge is 2.04. The summed E-state index contributed by atoms with van der Waals surface area (Å²) in [6.07, 6.45) is 5.30. The van der Waals surface area contributed by atoms with Crippen LogP contribution in [0.5, 0.6) is 0 Å². The molecule has 2 rings (SSSR count). The van der Waals surface area contributed by atoms with Gasteiger partial charge in [-0.25, -0.2) is 9.37 Å². The monoisotopic (exact) mass is 206 g/mol. The number of benzene rings is 1. The highest BCUT2D eigenvalue weighted by Crippen LogP contribution is 2.15. The molecular weight excluding hydrogens is 195 g/mol. The number of aliphatic hydroxyl groups excluding tert-OH is 1. The lowest BCUT2D eigenvalue weighted by Crippen LogP contribution is -1.97. The van der Waals surface area contributed by atoms with E-state index in [1.807, 2.05) is 0 Å². The van der Waals surface area contributed by atoms with Crippen LogP contribution >= 0.6 is 0 Å². The first kappa shape index (κ1) is 9.86. The minimum absolute atomic E-state index is 0.0316. The minimum Gasteiger partial charge on any atom is -0.396 e. The molecule has 1 aromatic heterocycles. The SMILES string of the molecule is OCCc1ccc(-n2ccnc2)c(F)c1. The third-order valence-corrected chi connectivity index (χ3v) is 2.20. The first-order valence-electron chi connectivity index (χ1n) is 4.69. The molecule has 4 heteroatoms. The van der Waals surface area contributed by atoms with Gasteiger partial charge in [0.25, 0.3) is 0 Å². The summed E-state index contributed by atoms with van der Waals surface area (Å²) >= 11 is 0. The van der Waals surface area contributed by atoms with Crippen molar-refractivity contribution in [3.05, 3.63) is 48.3 Å². The van der Waals surface area contributed by atoms with Crippen LogP contribution < -0.4 is 0 Å². The predicted molar refractivity (Wildman–Crippen MR) is 54.3 cm³/mol. The maximum absolute atomic E-state index is 13.6. The van der Waals surface area contributed by atoms with Gasteiger partial charge in [0.15, 0.2) is 0 Å². The zero-order valence-corrected chi connectivity index (χ0v) is 8.10. The standard InChI is InChI=1S/C11H11FN2O/c12-10-7-9(3-6-15)1-2-11(10)14-5-4-13-8-14/h1-2,4-5,7-8,15H,3,6H2. The Morgan fingerprint density at radius 1 is 1.40 bits per heavy atom. The van der Waals surface area contributed by atoms with Crippen molar-refractivity contribution in [3.63, 3.8) is 0 Å². The maximum atomic E-state index is 13.6. The highest BCUT2D eigenvalue weighted by molar-refractivity contribution is 5.36. The molecule has 3 nitrogen and oxygen atoms in total. The summed E-state index contributed by atoms with van der Waals surface area (Å²) in [4.78, 5) is 3.85. The van der Waals surface area contributed by atoms with Crippen molar-refractivity contribution in [2.45, 2.75) is 6.42 Å². The normalized spacial score (nSPS) is 10.5. The summed E-state index contributed by atoms with van der Waals surface area (Å²) < 4.78 is 15.2. The number of hydrogen-bond donors (Lipinski definition) is 1. The molecule has 78 valence electrons. The van der Waals surface area contributed by atoms with Crippen molar-refractivity contribution in [3.8, 4) is 5.69 Å². The van der Waals surface area contributed by atoms with E-state index >= 15 is 0 Å². The van der Waals surface area contributed by atoms with Crippen LogP contribution in [-0.2, 0) is 6.42 Å². The lowest BCUT2D eigenvalue weighted by molar-refractivity contribution is 0.299. The molecule has 0 bridgehead atoms. The smallest absolute Gasteiger partial charge is 0.147 e. The van der Waals surface area contributed by atoms with Crippen LogP contribution in [0.1, 0.15) is 5.56 Å². The molecule has 0 spiro atoms. The predicted octanol–water partition coefficient (Wildman–Crippen LogP) is 1.55. The first-order chi connectivity index (χ1) is 7.31. The van der Waals surface area contributed by atoms with Crippen LogP contribution in [-0.4, -0.2) is 21.3 Å². The molecule has 0 aliphatic carbocycles. The van der Waals surface area contributed by atoms with Crippen molar-refractivity contribution in [2.24, 2.45) is 0 Å². The molecule has 0 fully saturated rings. The molecule has 0 saturated heterocycles. The van der Waals surface area contributed by atoms with Gasteiger partial charge >= 0.3 is 0 Å². The molecule has 0 amide bonds. The number of imidazole rings is 1. The molecule has 0 saturated carbocycles. The van der Waals surface area contributed by atoms with Gasteiger partial charge in [0.1, 0.15) is 5.82 Å². The fraction of sp³-hybridized carbons (Fsp3) is 0.182. The van der Waals surface area contributed by atoms with Crippen LogP contribution in [0.2, 0.25) is 0 Å². The highest BCUT2D eigenvalue weighted by atomic mass is 19.1. The Morgan fingerprint density at radius 2 is 2.27 bits per heavy atom. The van der Waals surface area contributed by atoms with Gasteiger partial charge in [-0.15, -0.1) is 0 Å². The van der Waals surface area contributed by atoms with E-state index in [0.717, 1.165) is 5.56 Å². The molecule has 0 unspecified atom stereocenters. The van der Waals surface area contributed by atoms with E-state index < -0.39 is 0 Å². The Hall–Kier alpha value is -1.68. The first-order valence-corrected chi connectivity index (χ1v) is 4.69. The summed E-state index contributed by atoms with van der Waals surface area (Å²) in [7, 11) is 0. The molecule has 0 aliphatic rings. The van der Waals surface area contributed by atoms with Crippen molar-refractivity contribution in [1.82, 2.24) is 9.55 Å². The van der Waals surface area contributed by atoms with Gasteiger partial charge < -0.3 is 9.67 Å². The van der Waals surface area contributed by atoms with E-state index in [9.17, 15) is 4.39 Å². The van der Waals surface area contributed by atoms with Crippen molar-refractivity contribution in [1.29, 1.82) is 0 Å². The summed E-state index contributed by atoms with van der Waals surface area (Å²) in [6, 6.07) is 4.92. The van der Waals surface area contributed by atoms with Crippen LogP contribution in [0.4, 0.5) is 4.39 Å². The van der Waals surface area contributed by atoms with Gasteiger partial charge in [0.05, 0.1) is 12.0 Å². The molecular formula is C11H11FN2O. The lowest BCUT2D eigenvalue weighted by atomic mass is 10.1. The summed E-state index contributed by atoms with van der Waals surface area (Å²) in [5.74, 6) is -0.307. The minimum atomic E-state index is -0.307. The Balaban J connectivity index is 2.35. The number of hydrogen-bond acceptors (Lipinski definition) is 2. The molecule has 0 radical (unpaired) electrons. The summed E-state index contributed by atoms with van der Waals surface area (Å²) in [6.45, 7) is 0.0316. The van der Waals surface area contributed by atoms with Crippen molar-refractivity contribution in [2.75, 3.05) is 6.61 Å². The molecule has 1 N–H and O–H groups in total. The van der Waals surface area contributed by atoms with E-state index in [2.05, 4.69) is 4.98 Å². The topological polar surface area (TPSA) is 38.0 Å². The van der Waals surface area contributed by atoms with Crippen LogP contribution in [0.3, 0.4) is 0 Å². The fourth-order valence-electron chi connectivity index (χ4n) is 1.45. The van der Waals surface area contributed by atoms with Gasteiger partial charge in [-0.1, -0.05) is 6.07 Å². The largest absolute Gasteiger partial charge is 0.396 e. The van der Waals surface area contributed by atoms with E-state index in [-0.39, 0.29) is 12.4 Å². The molecule has 1 heterocycles. The molecule has 0 aliphatic heterocycles. The second-order valence-corrected chi connectivity index (χ2v) is 3.23.